The van der Waals surface area contributed by atoms with Crippen molar-refractivity contribution in [3.05, 3.63) is 0 Å². The number of rotatable bonds is 4. The van der Waals surface area contributed by atoms with E-state index in [0.29, 0.717) is 0 Å². The number of hydrogen-bond acceptors (Lipinski definition) is 4. The Bertz CT molecular complexity index is 328. The zero-order valence-electron chi connectivity index (χ0n) is 10.6. The fourth-order valence-corrected chi connectivity index (χ4v) is 1.11. The Morgan fingerprint density at radius 3 is 2.16 bits per heavy atom. The number of carbonyl (C=O) groups excluding carboxylic acids is 2. The summed E-state index contributed by atoms with van der Waals surface area (Å²) < 4.78 is 46.7. The molecule has 5 nitrogen and oxygen atoms in total. The fourth-order valence-electron chi connectivity index (χ4n) is 0.985. The van der Waals surface area contributed by atoms with Crippen molar-refractivity contribution in [1.29, 1.82) is 0 Å². The standard InChI is InChI=1S/C10H15ClF3NO4/c1-9(2,3)19-8(17)15-6(10(12,13)14)4-7(16)18-5-11/h6H,4-5H2,1-3H3,(H,15,17). The molecule has 0 aliphatic rings. The number of alkyl carbamates (subject to hydrolysis) is 1. The van der Waals surface area contributed by atoms with E-state index in [1.807, 2.05) is 0 Å². The van der Waals surface area contributed by atoms with Crippen molar-refractivity contribution in [1.82, 2.24) is 5.32 Å². The molecule has 0 aromatic heterocycles. The predicted octanol–water partition coefficient (Wildman–Crippen LogP) is 2.57. The van der Waals surface area contributed by atoms with Gasteiger partial charge in [-0.1, -0.05) is 11.6 Å². The maximum atomic E-state index is 12.6. The molecule has 0 saturated carbocycles. The molecule has 1 N–H and O–H groups in total. The van der Waals surface area contributed by atoms with Gasteiger partial charge in [-0.25, -0.2) is 4.79 Å². The Kier molecular flexibility index (Phi) is 6.41. The largest absolute Gasteiger partial charge is 0.449 e. The van der Waals surface area contributed by atoms with Crippen LogP contribution in [0, 0.1) is 0 Å². The molecule has 0 aliphatic heterocycles. The molecule has 0 spiro atoms. The molecule has 0 aromatic carbocycles. The first-order valence-electron chi connectivity index (χ1n) is 5.23. The Labute approximate surface area is 113 Å². The highest BCUT2D eigenvalue weighted by Crippen LogP contribution is 2.23. The maximum absolute atomic E-state index is 12.6. The van der Waals surface area contributed by atoms with Crippen molar-refractivity contribution in [2.24, 2.45) is 0 Å². The molecule has 0 saturated heterocycles. The zero-order chi connectivity index (χ0) is 15.3. The normalized spacial score (nSPS) is 13.6. The zero-order valence-corrected chi connectivity index (χ0v) is 11.4. The van der Waals surface area contributed by atoms with Crippen LogP contribution < -0.4 is 5.32 Å². The smallest absolute Gasteiger partial charge is 0.409 e. The summed E-state index contributed by atoms with van der Waals surface area (Å²) in [5.74, 6) is -1.17. The summed E-state index contributed by atoms with van der Waals surface area (Å²) in [7, 11) is 0. The van der Waals surface area contributed by atoms with Crippen LogP contribution in [-0.2, 0) is 14.3 Å². The van der Waals surface area contributed by atoms with Crippen LogP contribution in [0.5, 0.6) is 0 Å². The van der Waals surface area contributed by atoms with E-state index in [1.165, 1.54) is 20.8 Å². The molecule has 0 heterocycles. The highest BCUT2D eigenvalue weighted by atomic mass is 35.5. The monoisotopic (exact) mass is 305 g/mol. The van der Waals surface area contributed by atoms with E-state index in [-0.39, 0.29) is 0 Å². The van der Waals surface area contributed by atoms with Crippen molar-refractivity contribution in [3.8, 4) is 0 Å². The van der Waals surface area contributed by atoms with Crippen molar-refractivity contribution in [3.63, 3.8) is 0 Å². The van der Waals surface area contributed by atoms with Crippen LogP contribution in [0.4, 0.5) is 18.0 Å². The number of alkyl halides is 4. The number of ether oxygens (including phenoxy) is 2. The van der Waals surface area contributed by atoms with Crippen LogP contribution in [0.15, 0.2) is 0 Å². The Hall–Kier alpha value is -1.18. The number of nitrogens with one attached hydrogen (secondary N) is 1. The van der Waals surface area contributed by atoms with Crippen LogP contribution in [0.3, 0.4) is 0 Å². The van der Waals surface area contributed by atoms with E-state index in [0.717, 1.165) is 0 Å². The fraction of sp³-hybridized carbons (Fsp3) is 0.800. The van der Waals surface area contributed by atoms with Gasteiger partial charge >= 0.3 is 18.2 Å². The van der Waals surface area contributed by atoms with Gasteiger partial charge in [-0.05, 0) is 20.8 Å². The molecular weight excluding hydrogens is 291 g/mol. The van der Waals surface area contributed by atoms with E-state index < -0.39 is 42.4 Å². The summed E-state index contributed by atoms with van der Waals surface area (Å²) in [6.07, 6.45) is -7.15. The Morgan fingerprint density at radius 1 is 1.26 bits per heavy atom. The topological polar surface area (TPSA) is 64.6 Å². The van der Waals surface area contributed by atoms with Gasteiger partial charge in [0, 0.05) is 0 Å². The molecule has 1 unspecified atom stereocenters. The average Bonchev–Trinajstić information content (AvgIpc) is 2.12. The van der Waals surface area contributed by atoms with Crippen LogP contribution in [0.25, 0.3) is 0 Å². The SMILES string of the molecule is CC(C)(C)OC(=O)NC(CC(=O)OCCl)C(F)(F)F. The van der Waals surface area contributed by atoms with Gasteiger partial charge in [0.15, 0.2) is 6.07 Å². The number of hydrogen-bond donors (Lipinski definition) is 1. The van der Waals surface area contributed by atoms with Gasteiger partial charge in [0.2, 0.25) is 0 Å². The highest BCUT2D eigenvalue weighted by molar-refractivity contribution is 6.17. The summed E-state index contributed by atoms with van der Waals surface area (Å²) in [4.78, 5) is 22.2. The predicted molar refractivity (Wildman–Crippen MR) is 60.6 cm³/mol. The van der Waals surface area contributed by atoms with Gasteiger partial charge in [-0.2, -0.15) is 13.2 Å². The minimum absolute atomic E-state index is 0.560. The molecule has 0 fully saturated rings. The molecule has 9 heteroatoms. The van der Waals surface area contributed by atoms with Crippen LogP contribution >= 0.6 is 11.6 Å². The second-order valence-corrected chi connectivity index (χ2v) is 4.79. The summed E-state index contributed by atoms with van der Waals surface area (Å²) in [5.41, 5.74) is -0.948. The van der Waals surface area contributed by atoms with Crippen LogP contribution in [0.2, 0.25) is 0 Å². The summed E-state index contributed by atoms with van der Waals surface area (Å²) in [5, 5.41) is 1.57. The molecular formula is C10H15ClF3NO4. The second-order valence-electron chi connectivity index (χ2n) is 4.57. The molecule has 0 bridgehead atoms. The molecule has 0 aromatic rings. The van der Waals surface area contributed by atoms with Gasteiger partial charge in [0.25, 0.3) is 0 Å². The van der Waals surface area contributed by atoms with Gasteiger partial charge in [-0.3, -0.25) is 4.79 Å². The molecule has 0 rings (SSSR count). The second kappa shape index (κ2) is 6.83. The third-order valence-corrected chi connectivity index (χ3v) is 1.78. The van der Waals surface area contributed by atoms with E-state index in [2.05, 4.69) is 9.47 Å². The van der Waals surface area contributed by atoms with Gasteiger partial charge < -0.3 is 14.8 Å². The van der Waals surface area contributed by atoms with Crippen LogP contribution in [0.1, 0.15) is 27.2 Å². The lowest BCUT2D eigenvalue weighted by Crippen LogP contribution is -2.48. The van der Waals surface area contributed by atoms with E-state index >= 15 is 0 Å². The van der Waals surface area contributed by atoms with Crippen molar-refractivity contribution < 1.29 is 32.2 Å². The lowest BCUT2D eigenvalue weighted by molar-refractivity contribution is -0.168. The third kappa shape index (κ3) is 8.52. The molecule has 0 radical (unpaired) electrons. The number of halogens is 4. The first-order valence-corrected chi connectivity index (χ1v) is 5.77. The molecule has 1 amide bonds. The van der Waals surface area contributed by atoms with Gasteiger partial charge in [-0.15, -0.1) is 0 Å². The van der Waals surface area contributed by atoms with E-state index in [1.54, 1.807) is 5.32 Å². The minimum atomic E-state index is -4.80. The quantitative estimate of drug-likeness (QED) is 0.640. The number of amides is 1. The maximum Gasteiger partial charge on any atom is 0.409 e. The lowest BCUT2D eigenvalue weighted by Gasteiger charge is -2.24. The van der Waals surface area contributed by atoms with E-state index in [9.17, 15) is 22.8 Å². The third-order valence-electron chi connectivity index (χ3n) is 1.67. The number of carbonyl (C=O) groups is 2. The molecule has 1 atom stereocenters. The first kappa shape index (κ1) is 17.8. The highest BCUT2D eigenvalue weighted by Gasteiger charge is 2.43. The van der Waals surface area contributed by atoms with Crippen molar-refractivity contribution >= 4 is 23.7 Å². The van der Waals surface area contributed by atoms with Crippen molar-refractivity contribution in [2.45, 2.75) is 45.0 Å². The van der Waals surface area contributed by atoms with Crippen molar-refractivity contribution in [2.75, 3.05) is 6.07 Å². The van der Waals surface area contributed by atoms with E-state index in [4.69, 9.17) is 11.6 Å². The summed E-state index contributed by atoms with van der Waals surface area (Å²) >= 11 is 5.05. The van der Waals surface area contributed by atoms with Crippen LogP contribution in [-0.4, -0.2) is 35.9 Å². The summed E-state index contributed by atoms with van der Waals surface area (Å²) in [6, 6.07) is -2.95. The van der Waals surface area contributed by atoms with Gasteiger partial charge in [0.1, 0.15) is 11.6 Å². The first-order chi connectivity index (χ1) is 8.45. The Morgan fingerprint density at radius 2 is 1.79 bits per heavy atom. The molecule has 19 heavy (non-hydrogen) atoms. The minimum Gasteiger partial charge on any atom is -0.449 e. The molecule has 112 valence electrons. The summed E-state index contributed by atoms with van der Waals surface area (Å²) in [6.45, 7) is 4.49. The number of esters is 1. The molecule has 0 aliphatic carbocycles. The van der Waals surface area contributed by atoms with Gasteiger partial charge in [0.05, 0.1) is 6.42 Å². The average molecular weight is 306 g/mol. The Balaban J connectivity index is 4.62. The lowest BCUT2D eigenvalue weighted by atomic mass is 10.2.